The van der Waals surface area contributed by atoms with Gasteiger partial charge in [0.15, 0.2) is 25.2 Å². The number of hydrogen-bond acceptors (Lipinski definition) is 14. The van der Waals surface area contributed by atoms with Gasteiger partial charge in [0.2, 0.25) is 0 Å². The van der Waals surface area contributed by atoms with Crippen molar-refractivity contribution in [1.29, 1.82) is 0 Å². The van der Waals surface area contributed by atoms with Gasteiger partial charge in [-0.2, -0.15) is 5.06 Å². The van der Waals surface area contributed by atoms with E-state index in [1.807, 2.05) is 80.9 Å². The molecule has 2 aromatic heterocycles. The maximum atomic E-state index is 14.0. The van der Waals surface area contributed by atoms with Crippen LogP contribution in [0.4, 0.5) is 0 Å². The van der Waals surface area contributed by atoms with Gasteiger partial charge in [-0.25, -0.2) is 4.98 Å². The molecular weight excluding hydrogens is 783 g/mol. The molecule has 0 radical (unpaired) electrons. The molecule has 12 atom stereocenters. The molecule has 340 valence electrons. The number of pyridine rings is 1. The number of terminal acetylenes is 1. The highest BCUT2D eigenvalue weighted by atomic mass is 16.8. The monoisotopic (exact) mass is 854 g/mol. The number of imidazole rings is 1. The van der Waals surface area contributed by atoms with E-state index in [2.05, 4.69) is 22.8 Å². The Labute approximate surface area is 363 Å². The normalized spacial score (nSPS) is 26.4. The van der Waals surface area contributed by atoms with Crippen molar-refractivity contribution in [2.45, 2.75) is 155 Å². The third-order valence-corrected chi connectivity index (χ3v) is 12.4. The first-order valence-corrected chi connectivity index (χ1v) is 22.0. The third-order valence-electron chi connectivity index (χ3n) is 12.4. The molecule has 0 amide bonds. The maximum absolute atomic E-state index is 14.0. The molecule has 2 aliphatic rings. The fourth-order valence-corrected chi connectivity index (χ4v) is 8.78. The Morgan fingerprint density at radius 2 is 1.89 bits per heavy atom. The summed E-state index contributed by atoms with van der Waals surface area (Å²) in [4.78, 5) is 58.8. The zero-order valence-corrected chi connectivity index (χ0v) is 38.0. The number of aliphatic hydroxyl groups excluding tert-OH is 1. The summed E-state index contributed by atoms with van der Waals surface area (Å²) in [5.41, 5.74) is 0.627. The lowest BCUT2D eigenvalue weighted by atomic mass is 9.76. The smallest absolute Gasteiger partial charge is 0.316 e. The van der Waals surface area contributed by atoms with Gasteiger partial charge >= 0.3 is 5.97 Å². The molecule has 2 saturated heterocycles. The van der Waals surface area contributed by atoms with Crippen LogP contribution in [0.2, 0.25) is 0 Å². The molecule has 2 aromatic rings. The van der Waals surface area contributed by atoms with E-state index in [1.165, 1.54) is 14.0 Å². The minimum atomic E-state index is -1.20. The Morgan fingerprint density at radius 3 is 2.54 bits per heavy atom. The van der Waals surface area contributed by atoms with Crippen molar-refractivity contribution in [2.75, 3.05) is 34.0 Å². The fourth-order valence-electron chi connectivity index (χ4n) is 8.78. The van der Waals surface area contributed by atoms with Crippen LogP contribution in [0.25, 0.3) is 11.3 Å². The number of carbonyl (C=O) groups is 3. The van der Waals surface area contributed by atoms with Crippen molar-refractivity contribution in [1.82, 2.24) is 24.5 Å². The molecule has 0 saturated carbocycles. The number of esters is 1. The Morgan fingerprint density at radius 1 is 1.15 bits per heavy atom. The Bertz CT molecular complexity index is 1720. The lowest BCUT2D eigenvalue weighted by Gasteiger charge is -2.52. The number of rotatable bonds is 24. The second kappa shape index (κ2) is 23.7. The molecule has 4 rings (SSSR count). The van der Waals surface area contributed by atoms with Crippen LogP contribution >= 0.6 is 0 Å². The molecule has 15 heteroatoms. The van der Waals surface area contributed by atoms with E-state index in [4.69, 9.17) is 34.9 Å². The first-order chi connectivity index (χ1) is 29.1. The summed E-state index contributed by atoms with van der Waals surface area (Å²) in [6.07, 6.45) is 13.1. The van der Waals surface area contributed by atoms with Gasteiger partial charge in [0, 0.05) is 75.2 Å². The summed E-state index contributed by atoms with van der Waals surface area (Å²) in [5, 5.41) is 13.1. The van der Waals surface area contributed by atoms with Crippen LogP contribution in [0, 0.1) is 36.0 Å². The van der Waals surface area contributed by atoms with Crippen LogP contribution < -0.4 is 0 Å². The zero-order chi connectivity index (χ0) is 44.9. The number of aryl methyl sites for hydroxylation is 1. The molecule has 0 aromatic carbocycles. The molecule has 2 aliphatic heterocycles. The fraction of sp³-hybridized carbons (Fsp3) is 0.717. The van der Waals surface area contributed by atoms with Crippen molar-refractivity contribution >= 4 is 17.5 Å². The molecular formula is C46H71N5O10. The summed E-state index contributed by atoms with van der Waals surface area (Å²) in [5.74, 6) is -1.36. The first-order valence-electron chi connectivity index (χ1n) is 22.0. The van der Waals surface area contributed by atoms with Gasteiger partial charge in [0.1, 0.15) is 29.5 Å². The predicted molar refractivity (Wildman–Crippen MR) is 229 cm³/mol. The molecule has 0 bridgehead atoms. The van der Waals surface area contributed by atoms with Crippen LogP contribution in [0.5, 0.6) is 0 Å². The zero-order valence-electron chi connectivity index (χ0n) is 38.0. The molecule has 1 N–H and O–H groups in total. The largest absolute Gasteiger partial charge is 0.459 e. The van der Waals surface area contributed by atoms with Crippen LogP contribution in [0.3, 0.4) is 0 Å². The van der Waals surface area contributed by atoms with E-state index < -0.39 is 65.9 Å². The summed E-state index contributed by atoms with van der Waals surface area (Å²) < 4.78 is 32.4. The van der Waals surface area contributed by atoms with E-state index in [0.29, 0.717) is 32.4 Å². The molecule has 2 fully saturated rings. The first kappa shape index (κ1) is 50.1. The van der Waals surface area contributed by atoms with Gasteiger partial charge in [-0.15, -0.1) is 12.3 Å². The number of likely N-dealkylation sites (N-methyl/N-ethyl adjacent to an activating group) is 1. The standard InChI is InChI=1S/C46H71N5O10/c1-12-15-22-49(10)37-25-31(5)59-45(41(37)54)61-44(56-11)34(8)40(53)33(7)43(55)60-38(14-3)46(9)42(32(6)39(52)30(4)19-13-2)51(58-29-57-46)24-17-16-23-50-27-36(48-28-50)35-20-18-21-47-26-35/h1,18,20-21,26-28,30-34,37-38,41-42,44-45,54H,13-17,19,22-25,29H2,2-11H3/t30-,31-,32+,33-,34+,37+,38-,41-,42?,44-,45+,46-/m1/s1. The quantitative estimate of drug-likeness (QED) is 0.0451. The molecule has 0 aliphatic carbocycles. The van der Waals surface area contributed by atoms with Gasteiger partial charge in [-0.1, -0.05) is 41.0 Å². The van der Waals surface area contributed by atoms with Gasteiger partial charge in [0.05, 0.1) is 30.1 Å². The maximum Gasteiger partial charge on any atom is 0.316 e. The summed E-state index contributed by atoms with van der Waals surface area (Å²) in [6.45, 7) is 16.4. The number of Topliss-reactive ketones (excluding diaryl/α,β-unsaturated/α-hetero) is 2. The number of aliphatic hydroxyl groups is 1. The number of ether oxygens (including phenoxy) is 5. The molecule has 1 unspecified atom stereocenters. The van der Waals surface area contributed by atoms with Crippen molar-refractivity contribution in [3.05, 3.63) is 37.1 Å². The second-order valence-electron chi connectivity index (χ2n) is 17.0. The van der Waals surface area contributed by atoms with Crippen molar-refractivity contribution < 1.29 is 48.0 Å². The summed E-state index contributed by atoms with van der Waals surface area (Å²) in [6, 6.07) is 2.96. The number of carbonyl (C=O) groups excluding carboxylic acids is 3. The van der Waals surface area contributed by atoms with Crippen molar-refractivity contribution in [2.24, 2.45) is 23.7 Å². The van der Waals surface area contributed by atoms with E-state index in [9.17, 15) is 19.5 Å². The van der Waals surface area contributed by atoms with E-state index in [0.717, 1.165) is 43.5 Å². The van der Waals surface area contributed by atoms with Crippen LogP contribution in [-0.2, 0) is 49.5 Å². The number of hydrogen-bond donors (Lipinski definition) is 1. The number of hydroxylamine groups is 2. The van der Waals surface area contributed by atoms with Gasteiger partial charge in [-0.05, 0) is 72.1 Å². The van der Waals surface area contributed by atoms with E-state index in [1.54, 1.807) is 19.3 Å². The Hall–Kier alpha value is -3.59. The predicted octanol–water partition coefficient (Wildman–Crippen LogP) is 5.69. The average molecular weight is 854 g/mol. The summed E-state index contributed by atoms with van der Waals surface area (Å²) in [7, 11) is 3.29. The lowest BCUT2D eigenvalue weighted by Crippen LogP contribution is -2.66. The third kappa shape index (κ3) is 12.8. The number of nitrogens with zero attached hydrogens (tertiary/aromatic N) is 5. The van der Waals surface area contributed by atoms with Crippen LogP contribution in [0.1, 0.15) is 100 Å². The lowest BCUT2D eigenvalue weighted by molar-refractivity contribution is -0.364. The van der Waals surface area contributed by atoms with Crippen LogP contribution in [0.15, 0.2) is 37.1 Å². The molecule has 4 heterocycles. The second-order valence-corrected chi connectivity index (χ2v) is 17.0. The number of ketones is 2. The van der Waals surface area contributed by atoms with Crippen molar-refractivity contribution in [3.8, 4) is 23.6 Å². The summed E-state index contributed by atoms with van der Waals surface area (Å²) >= 11 is 0. The average Bonchev–Trinajstić information content (AvgIpc) is 3.74. The minimum Gasteiger partial charge on any atom is -0.459 e. The van der Waals surface area contributed by atoms with E-state index in [-0.39, 0.29) is 30.6 Å². The molecule has 0 spiro atoms. The van der Waals surface area contributed by atoms with Crippen LogP contribution in [-0.4, -0.2) is 130 Å². The minimum absolute atomic E-state index is 0.0784. The molecule has 15 nitrogen and oxygen atoms in total. The number of methoxy groups -OCH3 is 1. The highest BCUT2D eigenvalue weighted by Gasteiger charge is 2.54. The number of aromatic nitrogens is 3. The highest BCUT2D eigenvalue weighted by molar-refractivity contribution is 5.99. The van der Waals surface area contributed by atoms with Gasteiger partial charge in [-0.3, -0.25) is 29.1 Å². The van der Waals surface area contributed by atoms with Crippen molar-refractivity contribution in [3.63, 3.8) is 0 Å². The Kier molecular flexibility index (Phi) is 19.5. The topological polar surface area (TPSA) is 164 Å². The Balaban J connectivity index is 1.46. The highest BCUT2D eigenvalue weighted by Crippen LogP contribution is 2.39. The van der Waals surface area contributed by atoms with Gasteiger partial charge in [0.25, 0.3) is 0 Å². The van der Waals surface area contributed by atoms with Gasteiger partial charge < -0.3 is 33.4 Å². The number of unbranched alkanes of at least 4 members (excludes halogenated alkanes) is 1. The molecule has 61 heavy (non-hydrogen) atoms. The van der Waals surface area contributed by atoms with E-state index >= 15 is 0 Å². The SMILES string of the molecule is C#CCCN(C)[C@H]1C[C@@H](C)O[C@@H](O[C@@H](OC)[C@@H](C)C(=O)[C@@H](C)C(=O)O[C@H](CC)[C@@]2(C)OCON(CCCCn3cnc(-c4cccnc4)c3)C2[C@@H](C)C(=O)[C@H](C)CCC)[C@@H]1O.